The Morgan fingerprint density at radius 2 is 2.18 bits per heavy atom. The van der Waals surface area contributed by atoms with Crippen LogP contribution >= 0.6 is 11.3 Å². The van der Waals surface area contributed by atoms with E-state index in [0.29, 0.717) is 23.7 Å². The van der Waals surface area contributed by atoms with E-state index in [9.17, 15) is 4.79 Å². The van der Waals surface area contributed by atoms with Crippen LogP contribution in [0.4, 0.5) is 0 Å². The van der Waals surface area contributed by atoms with Crippen molar-refractivity contribution < 1.29 is 14.3 Å². The van der Waals surface area contributed by atoms with Gasteiger partial charge in [0.25, 0.3) is 0 Å². The summed E-state index contributed by atoms with van der Waals surface area (Å²) in [6.07, 6.45) is 0.789. The van der Waals surface area contributed by atoms with Crippen molar-refractivity contribution in [1.82, 2.24) is 0 Å². The summed E-state index contributed by atoms with van der Waals surface area (Å²) in [4.78, 5) is 11.8. The monoisotopic (exact) mass is 248 g/mol. The largest absolute Gasteiger partial charge is 0.493 e. The molecule has 0 aliphatic rings. The maximum atomic E-state index is 10.7. The average Bonchev–Trinajstić information content (AvgIpc) is 2.89. The van der Waals surface area contributed by atoms with Gasteiger partial charge in [0.1, 0.15) is 12.9 Å². The lowest BCUT2D eigenvalue weighted by atomic mass is 10.2. The molecule has 0 fully saturated rings. The lowest BCUT2D eigenvalue weighted by molar-refractivity contribution is 0.112. The number of thiophene rings is 1. The molecule has 1 aromatic heterocycles. The predicted molar refractivity (Wildman–Crippen MR) is 67.0 cm³/mol. The van der Waals surface area contributed by atoms with Gasteiger partial charge in [-0.2, -0.15) is 0 Å². The first-order chi connectivity index (χ1) is 8.33. The Morgan fingerprint density at radius 1 is 1.29 bits per heavy atom. The molecule has 0 N–H and O–H groups in total. The molecule has 4 heteroatoms. The molecule has 0 radical (unpaired) electrons. The highest BCUT2D eigenvalue weighted by atomic mass is 32.1. The number of rotatable bonds is 5. The summed E-state index contributed by atoms with van der Waals surface area (Å²) < 4.78 is 10.8. The van der Waals surface area contributed by atoms with Gasteiger partial charge in [-0.1, -0.05) is 6.07 Å². The van der Waals surface area contributed by atoms with Gasteiger partial charge in [0.2, 0.25) is 0 Å². The van der Waals surface area contributed by atoms with Crippen LogP contribution in [-0.4, -0.2) is 13.4 Å². The molecule has 0 aliphatic carbocycles. The van der Waals surface area contributed by atoms with Crippen molar-refractivity contribution in [2.24, 2.45) is 0 Å². The van der Waals surface area contributed by atoms with Gasteiger partial charge in [0.15, 0.2) is 11.5 Å². The van der Waals surface area contributed by atoms with Crippen molar-refractivity contribution in [1.29, 1.82) is 0 Å². The number of carbonyl (C=O) groups excluding carboxylic acids is 1. The summed E-state index contributed by atoms with van der Waals surface area (Å²) in [5.74, 6) is 1.22. The molecule has 0 unspecified atom stereocenters. The molecule has 17 heavy (non-hydrogen) atoms. The molecule has 0 amide bonds. The smallest absolute Gasteiger partial charge is 0.162 e. The summed E-state index contributed by atoms with van der Waals surface area (Å²) in [6, 6.07) is 9.08. The van der Waals surface area contributed by atoms with E-state index >= 15 is 0 Å². The van der Waals surface area contributed by atoms with E-state index in [4.69, 9.17) is 9.47 Å². The van der Waals surface area contributed by atoms with Crippen LogP contribution in [0.2, 0.25) is 0 Å². The number of hydrogen-bond donors (Lipinski definition) is 0. The fourth-order valence-corrected chi connectivity index (χ4v) is 2.04. The van der Waals surface area contributed by atoms with Crippen LogP contribution in [-0.2, 0) is 6.61 Å². The van der Waals surface area contributed by atoms with Crippen molar-refractivity contribution in [2.45, 2.75) is 6.61 Å². The average molecular weight is 248 g/mol. The standard InChI is InChI=1S/C13H12O3S/c1-15-12-5-4-10(8-14)7-13(12)16-9-11-3-2-6-17-11/h2-8H,9H2,1H3. The van der Waals surface area contributed by atoms with Crippen LogP contribution in [0.25, 0.3) is 0 Å². The quantitative estimate of drug-likeness (QED) is 0.762. The first-order valence-corrected chi connectivity index (χ1v) is 6.00. The zero-order valence-electron chi connectivity index (χ0n) is 9.38. The lowest BCUT2D eigenvalue weighted by Crippen LogP contribution is -1.97. The molecule has 2 rings (SSSR count). The molecule has 0 spiro atoms. The first kappa shape index (κ1) is 11.7. The van der Waals surface area contributed by atoms with Gasteiger partial charge in [-0.25, -0.2) is 0 Å². The van der Waals surface area contributed by atoms with E-state index in [2.05, 4.69) is 0 Å². The second kappa shape index (κ2) is 5.50. The van der Waals surface area contributed by atoms with Gasteiger partial charge in [0.05, 0.1) is 7.11 Å². The number of ether oxygens (including phenoxy) is 2. The van der Waals surface area contributed by atoms with Crippen molar-refractivity contribution in [2.75, 3.05) is 7.11 Å². The molecule has 0 aliphatic heterocycles. The molecule has 1 aromatic carbocycles. The van der Waals surface area contributed by atoms with Gasteiger partial charge in [-0.05, 0) is 29.6 Å². The first-order valence-electron chi connectivity index (χ1n) is 5.12. The second-order valence-corrected chi connectivity index (χ2v) is 4.43. The minimum absolute atomic E-state index is 0.482. The maximum absolute atomic E-state index is 10.7. The SMILES string of the molecule is COc1ccc(C=O)cc1OCc1cccs1. The molecule has 3 nitrogen and oxygen atoms in total. The highest BCUT2D eigenvalue weighted by Gasteiger charge is 2.06. The van der Waals surface area contributed by atoms with E-state index in [1.54, 1.807) is 36.6 Å². The molecule has 88 valence electrons. The highest BCUT2D eigenvalue weighted by Crippen LogP contribution is 2.28. The van der Waals surface area contributed by atoms with Crippen LogP contribution in [0.3, 0.4) is 0 Å². The summed E-state index contributed by atoms with van der Waals surface area (Å²) in [6.45, 7) is 0.482. The van der Waals surface area contributed by atoms with Gasteiger partial charge in [0, 0.05) is 10.4 Å². The Kier molecular flexibility index (Phi) is 3.77. The molecular formula is C13H12O3S. The summed E-state index contributed by atoms with van der Waals surface area (Å²) in [7, 11) is 1.58. The van der Waals surface area contributed by atoms with Gasteiger partial charge >= 0.3 is 0 Å². The Balaban J connectivity index is 2.15. The minimum Gasteiger partial charge on any atom is -0.493 e. The van der Waals surface area contributed by atoms with E-state index in [1.165, 1.54) is 0 Å². The molecule has 0 saturated heterocycles. The summed E-state index contributed by atoms with van der Waals surface area (Å²) in [5.41, 5.74) is 0.576. The van der Waals surface area contributed by atoms with Crippen LogP contribution in [0, 0.1) is 0 Å². The third kappa shape index (κ3) is 2.85. The van der Waals surface area contributed by atoms with Gasteiger partial charge in [-0.15, -0.1) is 11.3 Å². The summed E-state index contributed by atoms with van der Waals surface area (Å²) >= 11 is 1.63. The van der Waals surface area contributed by atoms with Crippen molar-refractivity contribution in [3.63, 3.8) is 0 Å². The zero-order valence-corrected chi connectivity index (χ0v) is 10.2. The molecule has 0 bridgehead atoms. The Morgan fingerprint density at radius 3 is 2.82 bits per heavy atom. The molecule has 1 heterocycles. The third-order valence-corrected chi connectivity index (χ3v) is 3.12. The van der Waals surface area contributed by atoms with E-state index in [0.717, 1.165) is 11.2 Å². The third-order valence-electron chi connectivity index (χ3n) is 2.27. The van der Waals surface area contributed by atoms with E-state index in [-0.39, 0.29) is 0 Å². The highest BCUT2D eigenvalue weighted by molar-refractivity contribution is 7.09. The van der Waals surface area contributed by atoms with Crippen LogP contribution < -0.4 is 9.47 Å². The minimum atomic E-state index is 0.482. The number of benzene rings is 1. The maximum Gasteiger partial charge on any atom is 0.162 e. The zero-order chi connectivity index (χ0) is 12.1. The number of carbonyl (C=O) groups is 1. The molecule has 0 atom stereocenters. The Hall–Kier alpha value is -1.81. The lowest BCUT2D eigenvalue weighted by Gasteiger charge is -2.10. The topological polar surface area (TPSA) is 35.5 Å². The van der Waals surface area contributed by atoms with Gasteiger partial charge < -0.3 is 9.47 Å². The van der Waals surface area contributed by atoms with Crippen LogP contribution in [0.5, 0.6) is 11.5 Å². The number of methoxy groups -OCH3 is 1. The van der Waals surface area contributed by atoms with Gasteiger partial charge in [-0.3, -0.25) is 4.79 Å². The molecule has 0 saturated carbocycles. The Labute approximate surface area is 104 Å². The predicted octanol–water partition coefficient (Wildman–Crippen LogP) is 3.15. The molecule has 2 aromatic rings. The fraction of sp³-hybridized carbons (Fsp3) is 0.154. The second-order valence-electron chi connectivity index (χ2n) is 3.40. The van der Waals surface area contributed by atoms with Crippen molar-refractivity contribution in [3.05, 3.63) is 46.2 Å². The van der Waals surface area contributed by atoms with Crippen molar-refractivity contribution >= 4 is 17.6 Å². The van der Waals surface area contributed by atoms with E-state index in [1.807, 2.05) is 17.5 Å². The normalized spacial score (nSPS) is 9.94. The fourth-order valence-electron chi connectivity index (χ4n) is 1.42. The number of aldehydes is 1. The van der Waals surface area contributed by atoms with Crippen molar-refractivity contribution in [3.8, 4) is 11.5 Å². The summed E-state index contributed by atoms with van der Waals surface area (Å²) in [5, 5.41) is 2.00. The number of hydrogen-bond acceptors (Lipinski definition) is 4. The molecular weight excluding hydrogens is 236 g/mol. The van der Waals surface area contributed by atoms with E-state index < -0.39 is 0 Å². The Bertz CT molecular complexity index is 491. The van der Waals surface area contributed by atoms with Crippen LogP contribution in [0.15, 0.2) is 35.7 Å². The van der Waals surface area contributed by atoms with Crippen LogP contribution in [0.1, 0.15) is 15.2 Å².